The lowest BCUT2D eigenvalue weighted by Gasteiger charge is -2.27. The first-order valence-corrected chi connectivity index (χ1v) is 10.5. The van der Waals surface area contributed by atoms with Crippen LogP contribution in [0.1, 0.15) is 24.5 Å². The Morgan fingerprint density at radius 2 is 1.97 bits per heavy atom. The number of nitrogens with zero attached hydrogens (tertiary/aromatic N) is 4. The molecule has 32 heavy (non-hydrogen) atoms. The molecule has 1 heterocycles. The molecule has 1 atom stereocenters. The first kappa shape index (κ1) is 23.2. The number of carbonyl (C=O) groups is 1. The number of nitriles is 1. The van der Waals surface area contributed by atoms with Crippen molar-refractivity contribution in [3.8, 4) is 11.8 Å². The van der Waals surface area contributed by atoms with E-state index in [4.69, 9.17) is 10.00 Å². The van der Waals surface area contributed by atoms with Gasteiger partial charge in [-0.3, -0.25) is 24.7 Å². The molecule has 9 nitrogen and oxygen atoms in total. The Morgan fingerprint density at radius 1 is 1.22 bits per heavy atom. The van der Waals surface area contributed by atoms with Crippen molar-refractivity contribution >= 4 is 17.3 Å². The molecule has 1 N–H and O–H groups in total. The van der Waals surface area contributed by atoms with Crippen LogP contribution in [0.2, 0.25) is 0 Å². The third kappa shape index (κ3) is 5.81. The molecule has 0 aliphatic carbocycles. The fourth-order valence-corrected chi connectivity index (χ4v) is 3.78. The minimum absolute atomic E-state index is 0.157. The van der Waals surface area contributed by atoms with Crippen molar-refractivity contribution in [1.82, 2.24) is 9.80 Å². The molecular weight excluding hydrogens is 410 g/mol. The zero-order valence-electron chi connectivity index (χ0n) is 18.3. The van der Waals surface area contributed by atoms with Crippen LogP contribution in [0, 0.1) is 21.4 Å². The lowest BCUT2D eigenvalue weighted by molar-refractivity contribution is -0.384. The fraction of sp³-hybridized carbons (Fsp3) is 0.391. The SMILES string of the molecule is COc1ccc(NC(=O)C(C)N2CCCN(Cc3ccc(C#N)cc3)CC2)c([N+](=O)[O-])c1. The number of methoxy groups -OCH3 is 1. The van der Waals surface area contributed by atoms with E-state index in [9.17, 15) is 14.9 Å². The number of ether oxygens (including phenoxy) is 1. The van der Waals surface area contributed by atoms with E-state index in [0.29, 0.717) is 11.3 Å². The van der Waals surface area contributed by atoms with Gasteiger partial charge in [0.15, 0.2) is 0 Å². The fourth-order valence-electron chi connectivity index (χ4n) is 3.78. The van der Waals surface area contributed by atoms with Crippen LogP contribution in [-0.2, 0) is 11.3 Å². The van der Waals surface area contributed by atoms with Crippen LogP contribution >= 0.6 is 0 Å². The van der Waals surface area contributed by atoms with E-state index >= 15 is 0 Å². The third-order valence-corrected chi connectivity index (χ3v) is 5.70. The maximum atomic E-state index is 12.8. The van der Waals surface area contributed by atoms with Crippen molar-refractivity contribution in [1.29, 1.82) is 5.26 Å². The third-order valence-electron chi connectivity index (χ3n) is 5.70. The Bertz CT molecular complexity index is 1000. The van der Waals surface area contributed by atoms with E-state index in [1.165, 1.54) is 19.2 Å². The molecule has 1 unspecified atom stereocenters. The summed E-state index contributed by atoms with van der Waals surface area (Å²) in [5, 5.41) is 23.0. The molecule has 0 spiro atoms. The summed E-state index contributed by atoms with van der Waals surface area (Å²) in [5.74, 6) is 0.0800. The Kier molecular flexibility index (Phi) is 7.76. The molecule has 2 aromatic carbocycles. The van der Waals surface area contributed by atoms with E-state index < -0.39 is 11.0 Å². The van der Waals surface area contributed by atoms with Gasteiger partial charge in [0.05, 0.1) is 35.8 Å². The summed E-state index contributed by atoms with van der Waals surface area (Å²) in [6, 6.07) is 13.7. The predicted octanol–water partition coefficient (Wildman–Crippen LogP) is 3.01. The van der Waals surface area contributed by atoms with Crippen molar-refractivity contribution in [2.45, 2.75) is 25.9 Å². The molecule has 168 valence electrons. The predicted molar refractivity (Wildman–Crippen MR) is 120 cm³/mol. The summed E-state index contributed by atoms with van der Waals surface area (Å²) < 4.78 is 5.04. The smallest absolute Gasteiger partial charge is 0.296 e. The molecule has 0 radical (unpaired) electrons. The van der Waals surface area contributed by atoms with E-state index in [1.807, 2.05) is 31.2 Å². The standard InChI is InChI=1S/C23H27N5O4/c1-17(23(29)25-21-9-8-20(32-2)14-22(21)28(30)31)27-11-3-10-26(12-13-27)16-19-6-4-18(15-24)5-7-19/h4-9,14,17H,3,10-13,16H2,1-2H3,(H,25,29). The summed E-state index contributed by atoms with van der Waals surface area (Å²) in [6.07, 6.45) is 0.913. The minimum Gasteiger partial charge on any atom is -0.496 e. The van der Waals surface area contributed by atoms with Crippen molar-refractivity contribution in [2.24, 2.45) is 0 Å². The molecule has 3 rings (SSSR count). The summed E-state index contributed by atoms with van der Waals surface area (Å²) in [4.78, 5) is 28.1. The Morgan fingerprint density at radius 3 is 2.62 bits per heavy atom. The van der Waals surface area contributed by atoms with Gasteiger partial charge in [0.25, 0.3) is 5.69 Å². The number of hydrogen-bond donors (Lipinski definition) is 1. The number of nitro benzene ring substituents is 1. The lowest BCUT2D eigenvalue weighted by atomic mass is 10.1. The maximum Gasteiger partial charge on any atom is 0.296 e. The van der Waals surface area contributed by atoms with Crippen LogP contribution in [0.25, 0.3) is 0 Å². The number of benzene rings is 2. The highest BCUT2D eigenvalue weighted by Gasteiger charge is 2.26. The van der Waals surface area contributed by atoms with E-state index in [0.717, 1.165) is 44.7 Å². The van der Waals surface area contributed by atoms with Gasteiger partial charge in [-0.05, 0) is 49.7 Å². The summed E-state index contributed by atoms with van der Waals surface area (Å²) in [5.41, 5.74) is 1.75. The second kappa shape index (κ2) is 10.7. The van der Waals surface area contributed by atoms with E-state index in [-0.39, 0.29) is 17.3 Å². The molecule has 0 aromatic heterocycles. The van der Waals surface area contributed by atoms with Crippen LogP contribution < -0.4 is 10.1 Å². The number of carbonyl (C=O) groups excluding carboxylic acids is 1. The Hall–Kier alpha value is -3.48. The van der Waals surface area contributed by atoms with Gasteiger partial charge in [-0.2, -0.15) is 5.26 Å². The first-order chi connectivity index (χ1) is 15.4. The van der Waals surface area contributed by atoms with Gasteiger partial charge in [-0.25, -0.2) is 0 Å². The van der Waals surface area contributed by atoms with E-state index in [2.05, 4.69) is 21.2 Å². The number of anilines is 1. The minimum atomic E-state index is -0.532. The average molecular weight is 438 g/mol. The number of rotatable bonds is 7. The summed E-state index contributed by atoms with van der Waals surface area (Å²) in [7, 11) is 1.43. The second-order valence-electron chi connectivity index (χ2n) is 7.78. The Balaban J connectivity index is 1.59. The van der Waals surface area contributed by atoms with Crippen LogP contribution in [-0.4, -0.2) is 60.0 Å². The zero-order valence-corrected chi connectivity index (χ0v) is 18.3. The van der Waals surface area contributed by atoms with Gasteiger partial charge >= 0.3 is 0 Å². The number of nitrogens with one attached hydrogen (secondary N) is 1. The monoisotopic (exact) mass is 437 g/mol. The highest BCUT2D eigenvalue weighted by atomic mass is 16.6. The molecule has 1 fully saturated rings. The quantitative estimate of drug-likeness (QED) is 0.523. The highest BCUT2D eigenvalue weighted by molar-refractivity contribution is 5.96. The van der Waals surface area contributed by atoms with Crippen LogP contribution in [0.5, 0.6) is 5.75 Å². The molecule has 1 amide bonds. The van der Waals surface area contributed by atoms with E-state index in [1.54, 1.807) is 6.07 Å². The topological polar surface area (TPSA) is 112 Å². The van der Waals surface area contributed by atoms with Gasteiger partial charge in [-0.15, -0.1) is 0 Å². The van der Waals surface area contributed by atoms with Crippen molar-refractivity contribution < 1.29 is 14.5 Å². The first-order valence-electron chi connectivity index (χ1n) is 10.5. The summed E-state index contributed by atoms with van der Waals surface area (Å²) in [6.45, 7) is 5.81. The lowest BCUT2D eigenvalue weighted by Crippen LogP contribution is -2.43. The van der Waals surface area contributed by atoms with Crippen LogP contribution in [0.4, 0.5) is 11.4 Å². The van der Waals surface area contributed by atoms with Gasteiger partial charge in [-0.1, -0.05) is 12.1 Å². The van der Waals surface area contributed by atoms with Gasteiger partial charge in [0, 0.05) is 26.2 Å². The number of amides is 1. The zero-order chi connectivity index (χ0) is 23.1. The molecule has 1 aliphatic heterocycles. The van der Waals surface area contributed by atoms with Crippen molar-refractivity contribution in [3.63, 3.8) is 0 Å². The molecule has 0 saturated carbocycles. The molecule has 2 aromatic rings. The molecule has 9 heteroatoms. The Labute approximate surface area is 187 Å². The maximum absolute atomic E-state index is 12.8. The van der Waals surface area contributed by atoms with Crippen molar-refractivity contribution in [2.75, 3.05) is 38.6 Å². The van der Waals surface area contributed by atoms with Crippen LogP contribution in [0.3, 0.4) is 0 Å². The summed E-state index contributed by atoms with van der Waals surface area (Å²) >= 11 is 0. The van der Waals surface area contributed by atoms with Crippen LogP contribution in [0.15, 0.2) is 42.5 Å². The van der Waals surface area contributed by atoms with Gasteiger partial charge in [0.2, 0.25) is 5.91 Å². The average Bonchev–Trinajstić information content (AvgIpc) is 3.04. The molecule has 0 bridgehead atoms. The van der Waals surface area contributed by atoms with Gasteiger partial charge in [0.1, 0.15) is 11.4 Å². The molecule has 1 saturated heterocycles. The normalized spacial score (nSPS) is 15.9. The van der Waals surface area contributed by atoms with Crippen molar-refractivity contribution in [3.05, 3.63) is 63.7 Å². The second-order valence-corrected chi connectivity index (χ2v) is 7.78. The molecular formula is C23H27N5O4. The molecule has 1 aliphatic rings. The largest absolute Gasteiger partial charge is 0.496 e. The number of hydrogen-bond acceptors (Lipinski definition) is 7. The van der Waals surface area contributed by atoms with Gasteiger partial charge < -0.3 is 10.1 Å². The number of nitro groups is 1. The highest BCUT2D eigenvalue weighted by Crippen LogP contribution is 2.29.